The van der Waals surface area contributed by atoms with Crippen molar-refractivity contribution in [3.05, 3.63) is 480 Å². The van der Waals surface area contributed by atoms with E-state index in [0.29, 0.717) is 17.5 Å². The molecule has 0 atom stereocenters. The molecule has 18 aromatic carbocycles. The van der Waals surface area contributed by atoms with Gasteiger partial charge in [0.1, 0.15) is 33.5 Å². The minimum absolute atomic E-state index is 0.614. The third kappa shape index (κ3) is 15.6. The summed E-state index contributed by atoms with van der Waals surface area (Å²) in [4.78, 5) is 44.1. The van der Waals surface area contributed by atoms with E-state index in [1.54, 1.807) is 12.4 Å². The predicted octanol–water partition coefficient (Wildman–Crippen LogP) is 33.3. The third-order valence-electron chi connectivity index (χ3n) is 26.2. The van der Waals surface area contributed by atoms with E-state index in [-0.39, 0.29) is 0 Å². The van der Waals surface area contributed by atoms with E-state index < -0.39 is 0 Å². The molecule has 0 aliphatic carbocycles. The largest absolute Gasteiger partial charge is 0.456 e. The molecule has 9 heterocycles. The van der Waals surface area contributed by atoms with E-state index in [9.17, 15) is 0 Å². The molecular formula is C127H79N9O3. The second-order valence-electron chi connectivity index (χ2n) is 34.5. The van der Waals surface area contributed by atoms with Gasteiger partial charge in [-0.3, -0.25) is 15.0 Å². The van der Waals surface area contributed by atoms with Gasteiger partial charge in [0.15, 0.2) is 17.5 Å². The monoisotopic (exact) mass is 1780 g/mol. The first kappa shape index (κ1) is 82.0. The van der Waals surface area contributed by atoms with Crippen LogP contribution in [0.25, 0.3) is 266 Å². The average molecular weight is 1780 g/mol. The molecule has 0 amide bonds. The molecular weight excluding hydrogens is 1700 g/mol. The highest BCUT2D eigenvalue weighted by Crippen LogP contribution is 2.46. The summed E-state index contributed by atoms with van der Waals surface area (Å²) in [5, 5.41) is 16.2. The molecule has 0 unspecified atom stereocenters. The molecule has 139 heavy (non-hydrogen) atoms. The number of hydrogen-bond acceptors (Lipinski definition) is 12. The van der Waals surface area contributed by atoms with Crippen molar-refractivity contribution in [2.75, 3.05) is 0 Å². The molecule has 0 fully saturated rings. The summed E-state index contributed by atoms with van der Waals surface area (Å²) in [6.45, 7) is 0. The Hall–Kier alpha value is -18.9. The van der Waals surface area contributed by atoms with Gasteiger partial charge >= 0.3 is 0 Å². The molecule has 0 saturated heterocycles. The molecule has 27 aromatic rings. The SMILES string of the molecule is c1ccc(-c2ccccc2-c2cc(-c3ccccc3-c3cccnc3)nc(-c3ccc4c(c3)oc3ccccc34)n2)cc1.c1ccc2c(c1)cc(-c1cc(-c3ccc(-c4ccncc4)cc3)nc(-c3cccc4c3oc3ccccc34)n1)c1ccccc12.c1cncc(-c2cccc(-c3cc(-c4ccc(-c5cc6ccccc6c6ccccc56)cc4)nc(-c4cccc5c4oc4ccccc45)n3)c2)c1. The van der Waals surface area contributed by atoms with Gasteiger partial charge in [-0.1, -0.05) is 340 Å². The van der Waals surface area contributed by atoms with Gasteiger partial charge in [0.2, 0.25) is 0 Å². The maximum atomic E-state index is 6.45. The van der Waals surface area contributed by atoms with E-state index in [1.165, 1.54) is 43.3 Å². The van der Waals surface area contributed by atoms with Crippen molar-refractivity contribution >= 4 is 109 Å². The number of rotatable bonds is 14. The van der Waals surface area contributed by atoms with Gasteiger partial charge < -0.3 is 13.3 Å². The Morgan fingerprint density at radius 2 is 0.504 bits per heavy atom. The van der Waals surface area contributed by atoms with Gasteiger partial charge in [0, 0.05) is 120 Å². The van der Waals surface area contributed by atoms with Crippen molar-refractivity contribution in [2.24, 2.45) is 0 Å². The molecule has 0 bridgehead atoms. The molecule has 27 rings (SSSR count). The highest BCUT2D eigenvalue weighted by Gasteiger charge is 2.24. The molecule has 0 radical (unpaired) electrons. The lowest BCUT2D eigenvalue weighted by Gasteiger charge is -2.14. The quantitative estimate of drug-likeness (QED) is 0.0951. The van der Waals surface area contributed by atoms with Crippen LogP contribution in [0.5, 0.6) is 0 Å². The summed E-state index contributed by atoms with van der Waals surface area (Å²) in [5.41, 5.74) is 29.9. The Balaban J connectivity index is 0.000000111. The van der Waals surface area contributed by atoms with Gasteiger partial charge in [0.05, 0.1) is 45.3 Å². The average Bonchev–Trinajstić information content (AvgIpc) is 1.75. The molecule has 0 spiro atoms. The topological polar surface area (TPSA) is 155 Å². The number of furan rings is 3. The lowest BCUT2D eigenvalue weighted by atomic mass is 9.92. The number of para-hydroxylation sites is 5. The first-order chi connectivity index (χ1) is 68.9. The fourth-order valence-corrected chi connectivity index (χ4v) is 19.5. The predicted molar refractivity (Wildman–Crippen MR) is 567 cm³/mol. The van der Waals surface area contributed by atoms with Gasteiger partial charge in [0.25, 0.3) is 0 Å². The van der Waals surface area contributed by atoms with Crippen LogP contribution in [0.4, 0.5) is 0 Å². The normalized spacial score (nSPS) is 11.5. The minimum atomic E-state index is 0.614. The molecule has 0 aliphatic rings. The fourth-order valence-electron chi connectivity index (χ4n) is 19.5. The van der Waals surface area contributed by atoms with E-state index in [0.717, 1.165) is 206 Å². The zero-order chi connectivity index (χ0) is 92.1. The van der Waals surface area contributed by atoms with Crippen LogP contribution in [0.1, 0.15) is 0 Å². The van der Waals surface area contributed by atoms with E-state index in [1.807, 2.05) is 122 Å². The van der Waals surface area contributed by atoms with E-state index >= 15 is 0 Å². The summed E-state index contributed by atoms with van der Waals surface area (Å²) < 4.78 is 19.1. The Labute approximate surface area is 799 Å². The molecule has 650 valence electrons. The summed E-state index contributed by atoms with van der Waals surface area (Å²) >= 11 is 0. The highest BCUT2D eigenvalue weighted by atomic mass is 16.3. The number of nitrogens with zero attached hydrogens (tertiary/aromatic N) is 9. The molecule has 12 heteroatoms. The van der Waals surface area contributed by atoms with Crippen LogP contribution in [0.15, 0.2) is 493 Å². The minimum Gasteiger partial charge on any atom is -0.456 e. The second kappa shape index (κ2) is 35.6. The van der Waals surface area contributed by atoms with Gasteiger partial charge in [-0.05, 0) is 191 Å². The zero-order valence-electron chi connectivity index (χ0n) is 74.9. The van der Waals surface area contributed by atoms with Crippen LogP contribution in [0.3, 0.4) is 0 Å². The zero-order valence-corrected chi connectivity index (χ0v) is 74.9. The van der Waals surface area contributed by atoms with Crippen molar-refractivity contribution in [1.29, 1.82) is 0 Å². The first-order valence-corrected chi connectivity index (χ1v) is 46.4. The molecule has 12 nitrogen and oxygen atoms in total. The summed E-state index contributed by atoms with van der Waals surface area (Å²) in [6.07, 6.45) is 11.0. The number of pyridine rings is 3. The summed E-state index contributed by atoms with van der Waals surface area (Å²) in [6, 6.07) is 153. The van der Waals surface area contributed by atoms with Crippen LogP contribution >= 0.6 is 0 Å². The number of benzene rings is 18. The Morgan fingerprint density at radius 3 is 1.08 bits per heavy atom. The van der Waals surface area contributed by atoms with Crippen molar-refractivity contribution in [1.82, 2.24) is 44.9 Å². The van der Waals surface area contributed by atoms with Crippen LogP contribution < -0.4 is 0 Å². The van der Waals surface area contributed by atoms with Gasteiger partial charge in [-0.25, -0.2) is 29.9 Å². The van der Waals surface area contributed by atoms with Crippen LogP contribution in [0, 0.1) is 0 Å². The Kier molecular flexibility index (Phi) is 21.0. The fraction of sp³-hybridized carbons (Fsp3) is 0. The molecule has 0 saturated carbocycles. The second-order valence-corrected chi connectivity index (χ2v) is 34.5. The number of hydrogen-bond donors (Lipinski definition) is 0. The van der Waals surface area contributed by atoms with Crippen molar-refractivity contribution < 1.29 is 13.3 Å². The van der Waals surface area contributed by atoms with Gasteiger partial charge in [-0.2, -0.15) is 0 Å². The van der Waals surface area contributed by atoms with Crippen LogP contribution in [-0.2, 0) is 0 Å². The van der Waals surface area contributed by atoms with Crippen LogP contribution in [-0.4, -0.2) is 44.9 Å². The van der Waals surface area contributed by atoms with Crippen molar-refractivity contribution in [3.63, 3.8) is 0 Å². The lowest BCUT2D eigenvalue weighted by molar-refractivity contribution is 0.669. The van der Waals surface area contributed by atoms with Gasteiger partial charge in [-0.15, -0.1) is 0 Å². The Morgan fingerprint density at radius 1 is 0.144 bits per heavy atom. The smallest absolute Gasteiger partial charge is 0.164 e. The molecule has 9 aromatic heterocycles. The first-order valence-electron chi connectivity index (χ1n) is 46.4. The standard InChI is InChI=1S/C47H29N3O.C41H25N3O.C39H25N3O/c1-2-14-36-33(10-1)27-42(38-16-4-3-15-37(36)38)30-21-23-31(24-22-30)43-28-44(34-12-7-11-32(26-34)35-13-9-25-48-29-35)50-47(49-43)41-19-8-18-40-39-17-5-6-20-45(39)51-46(40)41;1-2-9-30-29(8-1)24-36(32-11-4-3-10-31(30)32)38-25-37(28-18-16-26(17-19-28)27-20-22-42-23-21-27)43-41(44-38)35-14-7-13-34-33-12-5-6-15-39(33)45-40(34)35;1-2-11-26(12-3-1)29-14-4-6-16-31(29)35-24-36(32-17-7-5-15-30(32)28-13-10-22-40-25-28)42-39(41-35)27-20-21-34-33-18-8-9-19-37(33)43-38(34)23-27/h1-29H;1-25H;1-25H. The Bertz CT molecular complexity index is 9290. The maximum absolute atomic E-state index is 6.45. The van der Waals surface area contributed by atoms with E-state index in [4.69, 9.17) is 43.2 Å². The number of fused-ring (bicyclic) bond motifs is 15. The summed E-state index contributed by atoms with van der Waals surface area (Å²) in [7, 11) is 0. The number of aromatic nitrogens is 9. The summed E-state index contributed by atoms with van der Waals surface area (Å²) in [5.74, 6) is 1.88. The van der Waals surface area contributed by atoms with Crippen LogP contribution in [0.2, 0.25) is 0 Å². The molecule has 0 N–H and O–H groups in total. The van der Waals surface area contributed by atoms with Crippen molar-refractivity contribution in [3.8, 4) is 157 Å². The van der Waals surface area contributed by atoms with E-state index in [2.05, 4.69) is 361 Å². The lowest BCUT2D eigenvalue weighted by Crippen LogP contribution is -1.98. The molecule has 0 aliphatic heterocycles. The van der Waals surface area contributed by atoms with Crippen molar-refractivity contribution in [2.45, 2.75) is 0 Å². The maximum Gasteiger partial charge on any atom is 0.164 e. The third-order valence-corrected chi connectivity index (χ3v) is 26.2. The highest BCUT2D eigenvalue weighted by molar-refractivity contribution is 6.17.